The zero-order valence-electron chi connectivity index (χ0n) is 15.2. The van der Waals surface area contributed by atoms with Gasteiger partial charge in [-0.25, -0.2) is 4.39 Å². The van der Waals surface area contributed by atoms with Gasteiger partial charge >= 0.3 is 0 Å². The average Bonchev–Trinajstić information content (AvgIpc) is 3.44. The molecule has 2 heterocycles. The van der Waals surface area contributed by atoms with Crippen LogP contribution >= 0.6 is 11.3 Å². The number of hydrogen-bond acceptors (Lipinski definition) is 5. The molecule has 1 N–H and O–H groups in total. The molecule has 144 valence electrons. The number of nitrogens with one attached hydrogen (secondary N) is 1. The monoisotopic (exact) mass is 405 g/mol. The Hall–Kier alpha value is -3.65. The highest BCUT2D eigenvalue weighted by atomic mass is 32.1. The molecule has 0 bridgehead atoms. The van der Waals surface area contributed by atoms with Crippen molar-refractivity contribution in [3.63, 3.8) is 0 Å². The molecule has 0 aliphatic heterocycles. The van der Waals surface area contributed by atoms with Crippen molar-refractivity contribution >= 4 is 29.0 Å². The minimum atomic E-state index is -0.341. The van der Waals surface area contributed by atoms with Crippen molar-refractivity contribution in [1.29, 1.82) is 0 Å². The van der Waals surface area contributed by atoms with Crippen molar-refractivity contribution in [2.45, 2.75) is 6.54 Å². The molecule has 4 rings (SSSR count). The van der Waals surface area contributed by atoms with E-state index in [-0.39, 0.29) is 18.3 Å². The summed E-state index contributed by atoms with van der Waals surface area (Å²) in [5.74, 6) is -0.197. The summed E-state index contributed by atoms with van der Waals surface area (Å²) in [4.78, 5) is 13.9. The van der Waals surface area contributed by atoms with Crippen LogP contribution in [0.5, 0.6) is 0 Å². The molecule has 0 saturated heterocycles. The van der Waals surface area contributed by atoms with Gasteiger partial charge in [-0.3, -0.25) is 4.79 Å². The van der Waals surface area contributed by atoms with Gasteiger partial charge in [-0.1, -0.05) is 48.5 Å². The smallest absolute Gasteiger partial charge is 0.270 e. The standard InChI is InChI=1S/C21H16FN5OS/c22-17-10-8-15(9-11-17)14-23-21(28)19(13-18-7-4-12-29-18)27-20(24-25-26-27)16-5-2-1-3-6-16/h1-13H,14H2,(H,23,28)/b19-13+. The lowest BCUT2D eigenvalue weighted by molar-refractivity contribution is -0.116. The molecule has 0 aliphatic rings. The summed E-state index contributed by atoms with van der Waals surface area (Å²) in [5, 5.41) is 16.7. The topological polar surface area (TPSA) is 72.7 Å². The van der Waals surface area contributed by atoms with E-state index in [4.69, 9.17) is 0 Å². The van der Waals surface area contributed by atoms with E-state index >= 15 is 0 Å². The summed E-state index contributed by atoms with van der Waals surface area (Å²) in [6.07, 6.45) is 1.74. The fourth-order valence-corrected chi connectivity index (χ4v) is 3.37. The highest BCUT2D eigenvalue weighted by molar-refractivity contribution is 7.10. The van der Waals surface area contributed by atoms with Crippen LogP contribution in [0.15, 0.2) is 72.1 Å². The first kappa shape index (κ1) is 18.7. The largest absolute Gasteiger partial charge is 0.347 e. The number of aromatic nitrogens is 4. The molecular weight excluding hydrogens is 389 g/mol. The number of hydrogen-bond donors (Lipinski definition) is 1. The Labute approximate surface area is 170 Å². The quantitative estimate of drug-likeness (QED) is 0.495. The van der Waals surface area contributed by atoms with Gasteiger partial charge in [-0.15, -0.1) is 16.4 Å². The fourth-order valence-electron chi connectivity index (χ4n) is 2.72. The minimum absolute atomic E-state index is 0.254. The van der Waals surface area contributed by atoms with E-state index in [0.29, 0.717) is 11.5 Å². The Morgan fingerprint density at radius 1 is 1.07 bits per heavy atom. The molecular formula is C21H16FN5OS. The zero-order valence-corrected chi connectivity index (χ0v) is 16.0. The summed E-state index contributed by atoms with van der Waals surface area (Å²) in [7, 11) is 0. The van der Waals surface area contributed by atoms with E-state index in [9.17, 15) is 9.18 Å². The van der Waals surface area contributed by atoms with E-state index in [1.165, 1.54) is 28.2 Å². The predicted molar refractivity (Wildman–Crippen MR) is 110 cm³/mol. The molecule has 0 atom stereocenters. The summed E-state index contributed by atoms with van der Waals surface area (Å²) in [6, 6.07) is 19.2. The predicted octanol–water partition coefficient (Wildman–Crippen LogP) is 3.86. The Morgan fingerprint density at radius 2 is 1.86 bits per heavy atom. The third-order valence-corrected chi connectivity index (χ3v) is 4.97. The Bertz CT molecular complexity index is 1120. The van der Waals surface area contributed by atoms with Crippen molar-refractivity contribution in [2.24, 2.45) is 0 Å². The van der Waals surface area contributed by atoms with Crippen LogP contribution in [-0.4, -0.2) is 26.1 Å². The van der Waals surface area contributed by atoms with Gasteiger partial charge in [-0.05, 0) is 45.6 Å². The van der Waals surface area contributed by atoms with Gasteiger partial charge in [-0.2, -0.15) is 4.68 Å². The number of rotatable bonds is 6. The minimum Gasteiger partial charge on any atom is -0.347 e. The van der Waals surface area contributed by atoms with E-state index in [1.807, 2.05) is 47.8 Å². The Kier molecular flexibility index (Phi) is 5.53. The first-order chi connectivity index (χ1) is 14.2. The number of carbonyl (C=O) groups is 1. The molecule has 0 saturated carbocycles. The van der Waals surface area contributed by atoms with Crippen LogP contribution in [0.1, 0.15) is 10.4 Å². The molecule has 2 aromatic heterocycles. The maximum Gasteiger partial charge on any atom is 0.270 e. The summed E-state index contributed by atoms with van der Waals surface area (Å²) in [6.45, 7) is 0.254. The summed E-state index contributed by atoms with van der Waals surface area (Å²) in [5.41, 5.74) is 1.87. The fraction of sp³-hybridized carbons (Fsp3) is 0.0476. The van der Waals surface area contributed by atoms with Crippen molar-refractivity contribution in [3.05, 3.63) is 88.4 Å². The average molecular weight is 405 g/mol. The van der Waals surface area contributed by atoms with E-state index in [0.717, 1.165) is 16.0 Å². The third kappa shape index (κ3) is 4.44. The lowest BCUT2D eigenvalue weighted by atomic mass is 10.2. The number of amides is 1. The highest BCUT2D eigenvalue weighted by Crippen LogP contribution is 2.22. The number of thiophene rings is 1. The van der Waals surface area contributed by atoms with Gasteiger partial charge < -0.3 is 5.32 Å². The summed E-state index contributed by atoms with van der Waals surface area (Å²) >= 11 is 1.50. The number of nitrogens with zero attached hydrogens (tertiary/aromatic N) is 4. The first-order valence-electron chi connectivity index (χ1n) is 8.83. The molecule has 0 radical (unpaired) electrons. The van der Waals surface area contributed by atoms with Gasteiger partial charge in [0.05, 0.1) is 0 Å². The van der Waals surface area contributed by atoms with Gasteiger partial charge in [0.1, 0.15) is 11.5 Å². The van der Waals surface area contributed by atoms with E-state index in [1.54, 1.807) is 18.2 Å². The lowest BCUT2D eigenvalue weighted by Gasteiger charge is -2.11. The maximum atomic E-state index is 13.1. The van der Waals surface area contributed by atoms with Crippen molar-refractivity contribution in [1.82, 2.24) is 25.5 Å². The first-order valence-corrected chi connectivity index (χ1v) is 9.71. The molecule has 8 heteroatoms. The second-order valence-electron chi connectivity index (χ2n) is 6.13. The molecule has 6 nitrogen and oxygen atoms in total. The highest BCUT2D eigenvalue weighted by Gasteiger charge is 2.19. The molecule has 0 aliphatic carbocycles. The molecule has 0 fully saturated rings. The zero-order chi connectivity index (χ0) is 20.1. The number of benzene rings is 2. The second kappa shape index (κ2) is 8.57. The van der Waals surface area contributed by atoms with Gasteiger partial charge in [0.25, 0.3) is 5.91 Å². The normalized spacial score (nSPS) is 11.4. The van der Waals surface area contributed by atoms with Gasteiger partial charge in [0.2, 0.25) is 0 Å². The van der Waals surface area contributed by atoms with Crippen LogP contribution < -0.4 is 5.32 Å². The second-order valence-corrected chi connectivity index (χ2v) is 7.11. The summed E-state index contributed by atoms with van der Waals surface area (Å²) < 4.78 is 14.5. The van der Waals surface area contributed by atoms with Gasteiger partial charge in [0, 0.05) is 17.0 Å². The third-order valence-electron chi connectivity index (χ3n) is 4.15. The molecule has 4 aromatic rings. The van der Waals surface area contributed by atoms with Crippen LogP contribution in [0.25, 0.3) is 23.2 Å². The molecule has 0 spiro atoms. The Balaban J connectivity index is 1.65. The van der Waals surface area contributed by atoms with Gasteiger partial charge in [0.15, 0.2) is 5.82 Å². The number of carbonyl (C=O) groups excluding carboxylic acids is 1. The molecule has 0 unspecified atom stereocenters. The van der Waals surface area contributed by atoms with Crippen LogP contribution in [-0.2, 0) is 11.3 Å². The van der Waals surface area contributed by atoms with Crippen molar-refractivity contribution < 1.29 is 9.18 Å². The number of tetrazole rings is 1. The molecule has 29 heavy (non-hydrogen) atoms. The lowest BCUT2D eigenvalue weighted by Crippen LogP contribution is -2.27. The van der Waals surface area contributed by atoms with Crippen LogP contribution in [0.3, 0.4) is 0 Å². The van der Waals surface area contributed by atoms with Crippen LogP contribution in [0.4, 0.5) is 4.39 Å². The SMILES string of the molecule is O=C(NCc1ccc(F)cc1)/C(=C\c1cccs1)n1nnnc1-c1ccccc1. The van der Waals surface area contributed by atoms with Crippen molar-refractivity contribution in [3.8, 4) is 11.4 Å². The van der Waals surface area contributed by atoms with Crippen molar-refractivity contribution in [2.75, 3.05) is 0 Å². The number of halogens is 1. The molecule has 2 aromatic carbocycles. The van der Waals surface area contributed by atoms with E-state index < -0.39 is 0 Å². The van der Waals surface area contributed by atoms with Crippen LogP contribution in [0, 0.1) is 5.82 Å². The van der Waals surface area contributed by atoms with E-state index in [2.05, 4.69) is 20.8 Å². The maximum absolute atomic E-state index is 13.1. The Morgan fingerprint density at radius 3 is 2.59 bits per heavy atom. The van der Waals surface area contributed by atoms with Crippen LogP contribution in [0.2, 0.25) is 0 Å². The molecule has 1 amide bonds.